The summed E-state index contributed by atoms with van der Waals surface area (Å²) in [6.45, 7) is 3.10. The number of aliphatic hydroxyl groups is 2. The van der Waals surface area contributed by atoms with E-state index < -0.39 is 11.2 Å². The molecule has 0 aromatic heterocycles. The first-order valence-corrected chi connectivity index (χ1v) is 9.69. The van der Waals surface area contributed by atoms with Gasteiger partial charge in [0.1, 0.15) is 0 Å². The molecule has 0 saturated heterocycles. The average Bonchev–Trinajstić information content (AvgIpc) is 2.76. The lowest BCUT2D eigenvalue weighted by Crippen LogP contribution is -2.17. The second-order valence-electron chi connectivity index (χ2n) is 5.82. The molecule has 0 saturated carbocycles. The van der Waals surface area contributed by atoms with Crippen molar-refractivity contribution in [3.63, 3.8) is 0 Å². The first kappa shape index (κ1) is 26.3. The van der Waals surface area contributed by atoms with E-state index >= 15 is 0 Å². The molecule has 2 N–H and O–H groups in total. The van der Waals surface area contributed by atoms with E-state index in [1.54, 1.807) is 12.1 Å². The highest BCUT2D eigenvalue weighted by atomic mass is 16.7. The van der Waals surface area contributed by atoms with Crippen LogP contribution in [-0.4, -0.2) is 94.4 Å². The molecule has 0 unspecified atom stereocenters. The van der Waals surface area contributed by atoms with Gasteiger partial charge in [-0.3, -0.25) is 10.1 Å². The molecule has 30 heavy (non-hydrogen) atoms. The maximum absolute atomic E-state index is 10.8. The zero-order valence-corrected chi connectivity index (χ0v) is 17.0. The van der Waals surface area contributed by atoms with Crippen LogP contribution in [0.1, 0.15) is 11.9 Å². The Labute approximate surface area is 175 Å². The highest BCUT2D eigenvalue weighted by Gasteiger charge is 2.14. The van der Waals surface area contributed by atoms with Gasteiger partial charge in [-0.25, -0.2) is 0 Å². The molecule has 0 bridgehead atoms. The zero-order valence-electron chi connectivity index (χ0n) is 17.0. The van der Waals surface area contributed by atoms with Gasteiger partial charge in [-0.1, -0.05) is 0 Å². The van der Waals surface area contributed by atoms with Gasteiger partial charge in [-0.05, 0) is 12.1 Å². The zero-order chi connectivity index (χ0) is 21.9. The maximum Gasteiger partial charge on any atom is 0.269 e. The molecule has 11 nitrogen and oxygen atoms in total. The summed E-state index contributed by atoms with van der Waals surface area (Å²) in [7, 11) is 0. The largest absolute Gasteiger partial charge is 0.394 e. The second-order valence-corrected chi connectivity index (χ2v) is 5.82. The number of aliphatic hydroxyl groups excluding tert-OH is 2. The first-order valence-electron chi connectivity index (χ1n) is 9.69. The van der Waals surface area contributed by atoms with Gasteiger partial charge in [-0.2, -0.15) is 0 Å². The van der Waals surface area contributed by atoms with Crippen LogP contribution in [0.3, 0.4) is 0 Å². The van der Waals surface area contributed by atoms with Crippen molar-refractivity contribution in [3.05, 3.63) is 39.9 Å². The van der Waals surface area contributed by atoms with Crippen LogP contribution in [-0.2, 0) is 28.4 Å². The molecule has 0 aliphatic carbocycles. The van der Waals surface area contributed by atoms with Crippen LogP contribution in [0.25, 0.3) is 0 Å². The smallest absolute Gasteiger partial charge is 0.269 e. The van der Waals surface area contributed by atoms with Crippen LogP contribution in [0.2, 0.25) is 0 Å². The van der Waals surface area contributed by atoms with Crippen molar-refractivity contribution in [2.75, 3.05) is 79.3 Å². The molecule has 0 aliphatic heterocycles. The summed E-state index contributed by atoms with van der Waals surface area (Å²) in [5.41, 5.74) is 0.619. The Bertz CT molecular complexity index is 523. The minimum Gasteiger partial charge on any atom is -0.394 e. The van der Waals surface area contributed by atoms with Gasteiger partial charge in [0, 0.05) is 17.7 Å². The first-order chi connectivity index (χ1) is 14.7. The summed E-state index contributed by atoms with van der Waals surface area (Å²) >= 11 is 0. The Hall–Kier alpha value is -1.70. The van der Waals surface area contributed by atoms with E-state index in [4.69, 9.17) is 38.6 Å². The predicted octanol–water partition coefficient (Wildman–Crippen LogP) is 0.678. The molecular formula is C19H31NO10. The fourth-order valence-electron chi connectivity index (χ4n) is 2.19. The molecule has 11 heteroatoms. The number of hydrogen-bond donors (Lipinski definition) is 2. The normalized spacial score (nSPS) is 11.3. The van der Waals surface area contributed by atoms with Gasteiger partial charge in [0.15, 0.2) is 6.29 Å². The van der Waals surface area contributed by atoms with Crippen molar-refractivity contribution in [2.24, 2.45) is 0 Å². The van der Waals surface area contributed by atoms with Crippen LogP contribution in [0.15, 0.2) is 24.3 Å². The Morgan fingerprint density at radius 2 is 1.10 bits per heavy atom. The predicted molar refractivity (Wildman–Crippen MR) is 105 cm³/mol. The molecule has 0 amide bonds. The summed E-state index contributed by atoms with van der Waals surface area (Å²) in [4.78, 5) is 10.3. The molecule has 0 spiro atoms. The third-order valence-electron chi connectivity index (χ3n) is 3.59. The van der Waals surface area contributed by atoms with Crippen LogP contribution in [0.5, 0.6) is 0 Å². The summed E-state index contributed by atoms with van der Waals surface area (Å²) in [6, 6.07) is 5.93. The van der Waals surface area contributed by atoms with Crippen LogP contribution < -0.4 is 0 Å². The van der Waals surface area contributed by atoms with E-state index in [0.29, 0.717) is 45.2 Å². The van der Waals surface area contributed by atoms with Crippen LogP contribution in [0, 0.1) is 10.1 Å². The number of nitro benzene ring substituents is 1. The lowest BCUT2D eigenvalue weighted by Gasteiger charge is -2.19. The fourth-order valence-corrected chi connectivity index (χ4v) is 2.19. The Kier molecular flexibility index (Phi) is 15.9. The summed E-state index contributed by atoms with van der Waals surface area (Å²) in [6.07, 6.45) is -0.728. The molecule has 0 radical (unpaired) electrons. The number of rotatable bonds is 20. The van der Waals surface area contributed by atoms with E-state index in [9.17, 15) is 10.1 Å². The van der Waals surface area contributed by atoms with Gasteiger partial charge >= 0.3 is 0 Å². The molecule has 0 atom stereocenters. The highest BCUT2D eigenvalue weighted by Crippen LogP contribution is 2.22. The average molecular weight is 433 g/mol. The van der Waals surface area contributed by atoms with Gasteiger partial charge in [-0.15, -0.1) is 0 Å². The van der Waals surface area contributed by atoms with Crippen molar-refractivity contribution in [1.29, 1.82) is 0 Å². The van der Waals surface area contributed by atoms with E-state index in [0.717, 1.165) is 0 Å². The molecule has 0 heterocycles. The van der Waals surface area contributed by atoms with E-state index in [1.165, 1.54) is 12.1 Å². The molecule has 1 aromatic rings. The van der Waals surface area contributed by atoms with E-state index in [2.05, 4.69) is 0 Å². The van der Waals surface area contributed by atoms with Gasteiger partial charge < -0.3 is 38.6 Å². The standard InChI is InChI=1S/C19H31NO10/c21-5-7-25-9-11-27-13-15-29-19(17-1-3-18(4-2-17)20(23)24)30-16-14-28-12-10-26-8-6-22/h1-4,19,21-22H,5-16H2. The maximum atomic E-state index is 10.8. The van der Waals surface area contributed by atoms with Crippen LogP contribution >= 0.6 is 0 Å². The minimum absolute atomic E-state index is 0.0186. The fraction of sp³-hybridized carbons (Fsp3) is 0.684. The van der Waals surface area contributed by atoms with Gasteiger partial charge in [0.25, 0.3) is 5.69 Å². The van der Waals surface area contributed by atoms with Crippen LogP contribution in [0.4, 0.5) is 5.69 Å². The van der Waals surface area contributed by atoms with Crippen molar-refractivity contribution in [1.82, 2.24) is 0 Å². The number of nitrogens with zero attached hydrogens (tertiary/aromatic N) is 1. The minimum atomic E-state index is -0.728. The summed E-state index contributed by atoms with van der Waals surface area (Å²) in [5, 5.41) is 28.1. The summed E-state index contributed by atoms with van der Waals surface area (Å²) in [5.74, 6) is 0. The third kappa shape index (κ3) is 12.8. The summed E-state index contributed by atoms with van der Waals surface area (Å²) < 4.78 is 32.3. The number of benzene rings is 1. The third-order valence-corrected chi connectivity index (χ3v) is 3.59. The lowest BCUT2D eigenvalue weighted by molar-refractivity contribution is -0.384. The van der Waals surface area contributed by atoms with Crippen molar-refractivity contribution < 1.29 is 43.6 Å². The topological polar surface area (TPSA) is 139 Å². The molecule has 0 aliphatic rings. The molecular weight excluding hydrogens is 402 g/mol. The molecule has 1 aromatic carbocycles. The van der Waals surface area contributed by atoms with E-state index in [-0.39, 0.29) is 45.3 Å². The van der Waals surface area contributed by atoms with Gasteiger partial charge in [0.05, 0.1) is 84.2 Å². The van der Waals surface area contributed by atoms with Crippen molar-refractivity contribution >= 4 is 5.69 Å². The molecule has 172 valence electrons. The number of hydrogen-bond acceptors (Lipinski definition) is 10. The Morgan fingerprint density at radius 1 is 0.700 bits per heavy atom. The highest BCUT2D eigenvalue weighted by molar-refractivity contribution is 5.33. The van der Waals surface area contributed by atoms with Gasteiger partial charge in [0.2, 0.25) is 0 Å². The Morgan fingerprint density at radius 3 is 1.50 bits per heavy atom. The molecule has 1 rings (SSSR count). The van der Waals surface area contributed by atoms with E-state index in [1.807, 2.05) is 0 Å². The number of ether oxygens (including phenoxy) is 6. The Balaban J connectivity index is 2.37. The monoisotopic (exact) mass is 433 g/mol. The quantitative estimate of drug-likeness (QED) is 0.131. The second kappa shape index (κ2) is 18.1. The lowest BCUT2D eigenvalue weighted by atomic mass is 10.2. The van der Waals surface area contributed by atoms with Crippen molar-refractivity contribution in [3.8, 4) is 0 Å². The number of non-ortho nitro benzene ring substituents is 1. The SMILES string of the molecule is O=[N+]([O-])c1ccc(C(OCCOCCOCCO)OCCOCCOCCO)cc1. The van der Waals surface area contributed by atoms with Crippen molar-refractivity contribution in [2.45, 2.75) is 6.29 Å². The number of nitro groups is 1. The molecule has 0 fully saturated rings.